The SMILES string of the molecule is C=CC(=O)OC(C)CCCCCCCCCCCCCCCCCCC[Si]C(I)I. The molecule has 0 heterocycles. The molecule has 0 aromatic heterocycles. The Bertz CT molecular complexity index is 391. The monoisotopic (exact) mass is 660 g/mol. The van der Waals surface area contributed by atoms with E-state index in [0.29, 0.717) is 0 Å². The molecule has 0 bridgehead atoms. The van der Waals surface area contributed by atoms with Crippen LogP contribution < -0.4 is 0 Å². The molecule has 2 radical (unpaired) electrons. The minimum Gasteiger partial charge on any atom is -0.460 e. The molecule has 0 fully saturated rings. The lowest BCUT2D eigenvalue weighted by Gasteiger charge is -2.11. The Morgan fingerprint density at radius 2 is 1.13 bits per heavy atom. The van der Waals surface area contributed by atoms with E-state index in [-0.39, 0.29) is 12.1 Å². The van der Waals surface area contributed by atoms with Crippen LogP contribution in [0.1, 0.15) is 122 Å². The number of hydrogen-bond donors (Lipinski definition) is 0. The number of alkyl halides is 2. The third-order valence-electron chi connectivity index (χ3n) is 5.57. The molecule has 0 rings (SSSR count). The van der Waals surface area contributed by atoms with Gasteiger partial charge in [-0.15, -0.1) is 0 Å². The zero-order chi connectivity index (χ0) is 22.3. The van der Waals surface area contributed by atoms with Crippen LogP contribution in [-0.2, 0) is 9.53 Å². The molecule has 30 heavy (non-hydrogen) atoms. The smallest absolute Gasteiger partial charge is 0.330 e. The van der Waals surface area contributed by atoms with Gasteiger partial charge in [-0.3, -0.25) is 0 Å². The molecule has 5 heteroatoms. The van der Waals surface area contributed by atoms with Gasteiger partial charge in [0.2, 0.25) is 0 Å². The lowest BCUT2D eigenvalue weighted by molar-refractivity contribution is -0.142. The van der Waals surface area contributed by atoms with Gasteiger partial charge in [-0.2, -0.15) is 0 Å². The molecule has 0 amide bonds. The number of carbonyl (C=O) groups excluding carboxylic acids is 1. The predicted molar refractivity (Wildman–Crippen MR) is 151 cm³/mol. The number of unbranched alkanes of at least 4 members (excludes halogenated alkanes) is 16. The fourth-order valence-corrected chi connectivity index (χ4v) is 6.27. The van der Waals surface area contributed by atoms with E-state index in [9.17, 15) is 4.79 Å². The van der Waals surface area contributed by atoms with Crippen LogP contribution in [0.25, 0.3) is 0 Å². The molecular weight excluding hydrogens is 614 g/mol. The number of carbonyl (C=O) groups is 1. The maximum absolute atomic E-state index is 11.1. The van der Waals surface area contributed by atoms with Gasteiger partial charge in [0.1, 0.15) is 0 Å². The zero-order valence-electron chi connectivity index (χ0n) is 19.4. The molecular formula is C25H46I2O2Si. The quantitative estimate of drug-likeness (QED) is 0.0273. The van der Waals surface area contributed by atoms with Crippen LogP contribution in [0.15, 0.2) is 12.7 Å². The highest BCUT2D eigenvalue weighted by molar-refractivity contribution is 14.2. The van der Waals surface area contributed by atoms with Crippen LogP contribution in [0, 0.1) is 0 Å². The van der Waals surface area contributed by atoms with Gasteiger partial charge in [0.05, 0.1) is 17.2 Å². The van der Waals surface area contributed by atoms with Crippen molar-refractivity contribution < 1.29 is 9.53 Å². The summed E-state index contributed by atoms with van der Waals surface area (Å²) >= 11 is 5.08. The van der Waals surface area contributed by atoms with E-state index in [1.165, 1.54) is 115 Å². The van der Waals surface area contributed by atoms with Crippen LogP contribution in [-0.4, -0.2) is 23.1 Å². The Labute approximate surface area is 217 Å². The molecule has 0 spiro atoms. The minimum atomic E-state index is -0.301. The fraction of sp³-hybridized carbons (Fsp3) is 0.880. The molecule has 0 aromatic rings. The van der Waals surface area contributed by atoms with Gasteiger partial charge < -0.3 is 4.74 Å². The second-order valence-electron chi connectivity index (χ2n) is 8.51. The van der Waals surface area contributed by atoms with Crippen LogP contribution in [0.2, 0.25) is 6.04 Å². The van der Waals surface area contributed by atoms with E-state index in [1.807, 2.05) is 6.92 Å². The van der Waals surface area contributed by atoms with Gasteiger partial charge >= 0.3 is 5.97 Å². The number of hydrogen-bond acceptors (Lipinski definition) is 2. The first kappa shape index (κ1) is 30.9. The number of halogens is 2. The van der Waals surface area contributed by atoms with Crippen molar-refractivity contribution in [3.8, 4) is 0 Å². The highest BCUT2D eigenvalue weighted by Gasteiger charge is 2.05. The molecule has 0 aromatic carbocycles. The third-order valence-corrected chi connectivity index (χ3v) is 9.16. The molecule has 0 aliphatic rings. The average Bonchev–Trinajstić information content (AvgIpc) is 2.71. The van der Waals surface area contributed by atoms with Crippen molar-refractivity contribution >= 4 is 60.7 Å². The van der Waals surface area contributed by atoms with Crippen LogP contribution in [0.3, 0.4) is 0 Å². The minimum absolute atomic E-state index is 0.0230. The molecule has 176 valence electrons. The first-order valence-electron chi connectivity index (χ1n) is 12.4. The van der Waals surface area contributed by atoms with Crippen LogP contribution in [0.4, 0.5) is 0 Å². The molecule has 1 atom stereocenters. The summed E-state index contributed by atoms with van der Waals surface area (Å²) in [6.45, 7) is 5.40. The standard InChI is InChI=1S/C25H46I2O2Si/c1-3-24(28)29-23(2)21-19-17-15-13-11-9-7-5-4-6-8-10-12-14-16-18-20-22-30-25(26)27/h3,23,25H,1,4-22H2,2H3. The van der Waals surface area contributed by atoms with Crippen molar-refractivity contribution in [1.29, 1.82) is 0 Å². The van der Waals surface area contributed by atoms with Gasteiger partial charge in [-0.05, 0) is 19.8 Å². The Morgan fingerprint density at radius 1 is 0.767 bits per heavy atom. The lowest BCUT2D eigenvalue weighted by atomic mass is 10.0. The van der Waals surface area contributed by atoms with Gasteiger partial charge in [0, 0.05) is 6.08 Å². The largest absolute Gasteiger partial charge is 0.460 e. The van der Waals surface area contributed by atoms with Crippen molar-refractivity contribution in [3.05, 3.63) is 12.7 Å². The van der Waals surface area contributed by atoms with E-state index in [0.717, 1.165) is 23.9 Å². The Morgan fingerprint density at radius 3 is 1.50 bits per heavy atom. The van der Waals surface area contributed by atoms with Crippen molar-refractivity contribution in [1.82, 2.24) is 0 Å². The summed E-state index contributed by atoms with van der Waals surface area (Å²) in [6, 6.07) is 1.45. The summed E-state index contributed by atoms with van der Waals surface area (Å²) in [5.41, 5.74) is 0. The summed E-state index contributed by atoms with van der Waals surface area (Å²) in [7, 11) is 1.15. The summed E-state index contributed by atoms with van der Waals surface area (Å²) in [6.07, 6.45) is 26.1. The molecule has 1 unspecified atom stereocenters. The Hall–Kier alpha value is 0.887. The first-order chi connectivity index (χ1) is 14.6. The van der Waals surface area contributed by atoms with Gasteiger partial charge in [-0.1, -0.05) is 161 Å². The summed E-state index contributed by atoms with van der Waals surface area (Å²) in [5.74, 6) is -0.301. The van der Waals surface area contributed by atoms with Crippen molar-refractivity contribution in [2.24, 2.45) is 0 Å². The normalized spacial score (nSPS) is 12.3. The summed E-state index contributed by atoms with van der Waals surface area (Å²) < 4.78 is 6.04. The third kappa shape index (κ3) is 25.2. The first-order valence-corrected chi connectivity index (χ1v) is 16.2. The van der Waals surface area contributed by atoms with E-state index < -0.39 is 0 Å². The molecule has 0 saturated heterocycles. The van der Waals surface area contributed by atoms with Crippen LogP contribution in [0.5, 0.6) is 0 Å². The zero-order valence-corrected chi connectivity index (χ0v) is 24.8. The van der Waals surface area contributed by atoms with Gasteiger partial charge in [0.25, 0.3) is 0 Å². The predicted octanol–water partition coefficient (Wildman–Crippen LogP) is 9.40. The highest BCUT2D eigenvalue weighted by atomic mass is 127. The van der Waals surface area contributed by atoms with Gasteiger partial charge in [0.15, 0.2) is 0 Å². The maximum Gasteiger partial charge on any atom is 0.330 e. The second kappa shape index (κ2) is 24.5. The molecule has 0 aliphatic carbocycles. The fourth-order valence-electron chi connectivity index (χ4n) is 3.72. The number of ether oxygens (including phenoxy) is 1. The maximum atomic E-state index is 11.1. The van der Waals surface area contributed by atoms with Gasteiger partial charge in [-0.25, -0.2) is 4.79 Å². The van der Waals surface area contributed by atoms with E-state index in [4.69, 9.17) is 4.74 Å². The van der Waals surface area contributed by atoms with Crippen LogP contribution >= 0.6 is 45.2 Å². The average molecular weight is 661 g/mol. The summed E-state index contributed by atoms with van der Waals surface area (Å²) in [5, 5.41) is 0. The molecule has 0 N–H and O–H groups in total. The lowest BCUT2D eigenvalue weighted by Crippen LogP contribution is -2.12. The number of esters is 1. The molecule has 0 aliphatic heterocycles. The topological polar surface area (TPSA) is 26.3 Å². The number of rotatable bonds is 23. The van der Waals surface area contributed by atoms with E-state index in [2.05, 4.69) is 51.8 Å². The van der Waals surface area contributed by atoms with Crippen molar-refractivity contribution in [2.45, 2.75) is 136 Å². The molecule has 2 nitrogen and oxygen atoms in total. The Balaban J connectivity index is 3.11. The highest BCUT2D eigenvalue weighted by Crippen LogP contribution is 2.16. The second-order valence-corrected chi connectivity index (χ2v) is 17.2. The van der Waals surface area contributed by atoms with Crippen molar-refractivity contribution in [2.75, 3.05) is 0 Å². The van der Waals surface area contributed by atoms with E-state index in [1.54, 1.807) is 0 Å². The van der Waals surface area contributed by atoms with E-state index >= 15 is 0 Å². The summed E-state index contributed by atoms with van der Waals surface area (Å²) in [4.78, 5) is 11.1. The molecule has 0 saturated carbocycles. The van der Waals surface area contributed by atoms with Crippen molar-refractivity contribution in [3.63, 3.8) is 0 Å². The Kier molecular flexibility index (Phi) is 25.3.